The Morgan fingerprint density at radius 1 is 0.931 bits per heavy atom. The molecule has 0 bridgehead atoms. The minimum absolute atomic E-state index is 0.230. The van der Waals surface area contributed by atoms with E-state index in [9.17, 15) is 9.59 Å². The van der Waals surface area contributed by atoms with E-state index in [0.717, 1.165) is 9.89 Å². The third-order valence-electron chi connectivity index (χ3n) is 4.91. The smallest absolute Gasteiger partial charge is 0.328 e. The van der Waals surface area contributed by atoms with Crippen LogP contribution in [0.3, 0.4) is 0 Å². The van der Waals surface area contributed by atoms with Gasteiger partial charge in [-0.25, -0.2) is 0 Å². The first-order valence-corrected chi connectivity index (χ1v) is 11.7. The molecule has 143 valence electrons. The fraction of sp³-hybridized carbons (Fsp3) is 0.0909. The zero-order valence-electron chi connectivity index (χ0n) is 15.3. The van der Waals surface area contributed by atoms with Crippen LogP contribution in [-0.2, 0) is 0 Å². The Balaban J connectivity index is 1.39. The van der Waals surface area contributed by atoms with Gasteiger partial charge in [0, 0.05) is 22.5 Å². The van der Waals surface area contributed by atoms with Crippen LogP contribution in [0.1, 0.15) is 20.7 Å². The molecule has 1 aliphatic heterocycles. The van der Waals surface area contributed by atoms with Gasteiger partial charge in [0.2, 0.25) is 0 Å². The number of carbonyl (C=O) groups excluding carboxylic acids is 2. The van der Waals surface area contributed by atoms with Crippen LogP contribution in [-0.4, -0.2) is 32.3 Å². The van der Waals surface area contributed by atoms with Crippen molar-refractivity contribution in [1.29, 1.82) is 0 Å². The van der Waals surface area contributed by atoms with Crippen LogP contribution in [0, 0.1) is 0 Å². The Bertz CT molecular complexity index is 1170. The maximum atomic E-state index is 12.7. The number of hydrogen-bond acceptors (Lipinski definition) is 5. The van der Waals surface area contributed by atoms with Gasteiger partial charge >= 0.3 is 9.04 Å². The van der Waals surface area contributed by atoms with Crippen LogP contribution in [0.5, 0.6) is 5.75 Å². The first-order valence-electron chi connectivity index (χ1n) is 9.21. The minimum Gasteiger partial charge on any atom is -0.534 e. The second-order valence-electron chi connectivity index (χ2n) is 6.66. The zero-order chi connectivity index (χ0) is 19.8. The normalized spacial score (nSPS) is 13.5. The molecule has 0 saturated heterocycles. The number of carbonyl (C=O) groups is 2. The second-order valence-corrected chi connectivity index (χ2v) is 10.1. The van der Waals surface area contributed by atoms with Crippen LogP contribution < -0.4 is 8.93 Å². The fourth-order valence-electron chi connectivity index (χ4n) is 3.50. The highest BCUT2D eigenvalue weighted by atomic mass is 32.1. The van der Waals surface area contributed by atoms with Crippen molar-refractivity contribution in [3.63, 3.8) is 0 Å². The number of hydrogen-bond donors (Lipinski definition) is 0. The average Bonchev–Trinajstić information content (AvgIpc) is 3.48. The number of nitrogens with zero attached hydrogens (tertiary/aromatic N) is 1. The lowest BCUT2D eigenvalue weighted by molar-refractivity contribution is 0.0662. The van der Waals surface area contributed by atoms with Gasteiger partial charge in [0.1, 0.15) is 5.75 Å². The van der Waals surface area contributed by atoms with Crippen molar-refractivity contribution in [3.05, 3.63) is 83.4 Å². The summed E-state index contributed by atoms with van der Waals surface area (Å²) >= 11 is 1.63. The summed E-state index contributed by atoms with van der Waals surface area (Å²) in [6.45, 7) is 0.326. The van der Waals surface area contributed by atoms with Crippen molar-refractivity contribution in [1.82, 2.24) is 4.90 Å². The fourth-order valence-corrected chi connectivity index (χ4v) is 6.70. The summed E-state index contributed by atoms with van der Waals surface area (Å²) < 4.78 is 13.1. The Hall–Kier alpha value is -3.16. The lowest BCUT2D eigenvalue weighted by atomic mass is 10.1. The molecule has 5 rings (SSSR count). The third kappa shape index (κ3) is 3.18. The summed E-state index contributed by atoms with van der Waals surface area (Å²) in [6.07, 6.45) is 1.65. The quantitative estimate of drug-likeness (QED) is 0.350. The van der Waals surface area contributed by atoms with Gasteiger partial charge in [-0.05, 0) is 35.7 Å². The number of furan rings is 1. The molecule has 0 aliphatic carbocycles. The molecule has 2 aromatic carbocycles. The maximum absolute atomic E-state index is 12.7. The minimum atomic E-state index is -1.51. The molecule has 2 aromatic heterocycles. The predicted molar refractivity (Wildman–Crippen MR) is 113 cm³/mol. The van der Waals surface area contributed by atoms with Crippen LogP contribution in [0.15, 0.2) is 76.7 Å². The van der Waals surface area contributed by atoms with Crippen molar-refractivity contribution in [2.24, 2.45) is 0 Å². The first-order chi connectivity index (χ1) is 14.2. The van der Waals surface area contributed by atoms with Gasteiger partial charge in [-0.2, -0.15) is 0 Å². The van der Waals surface area contributed by atoms with Crippen molar-refractivity contribution >= 4 is 47.7 Å². The Morgan fingerprint density at radius 2 is 1.72 bits per heavy atom. The molecule has 2 amide bonds. The molecule has 0 fully saturated rings. The van der Waals surface area contributed by atoms with E-state index in [0.29, 0.717) is 35.0 Å². The molecule has 0 unspecified atom stereocenters. The largest absolute Gasteiger partial charge is 0.534 e. The number of benzene rings is 2. The summed E-state index contributed by atoms with van der Waals surface area (Å²) in [6, 6.07) is 19.3. The third-order valence-corrected chi connectivity index (χ3v) is 8.49. The van der Waals surface area contributed by atoms with Gasteiger partial charge in [-0.1, -0.05) is 30.3 Å². The number of fused-ring (bicyclic) bond motifs is 2. The molecule has 7 heteroatoms. The lowest BCUT2D eigenvalue weighted by Crippen LogP contribution is -2.40. The highest BCUT2D eigenvalue weighted by Crippen LogP contribution is 2.28. The number of thiophene rings is 1. The van der Waals surface area contributed by atoms with Gasteiger partial charge in [0.15, 0.2) is 5.58 Å². The molecule has 5 nitrogen and oxygen atoms in total. The van der Waals surface area contributed by atoms with Gasteiger partial charge in [0.05, 0.1) is 17.4 Å². The molecule has 1 radical (unpaired) electrons. The Labute approximate surface area is 172 Å². The van der Waals surface area contributed by atoms with Crippen LogP contribution in [0.2, 0.25) is 6.04 Å². The topological polar surface area (TPSA) is 59.8 Å². The standard InChI is InChI=1S/C22H16NO4SSi/c24-21-16-6-1-2-7-17(16)22(25)23(21)11-14-29(19-9-4-13-28-19)27-18-8-3-5-15-10-12-26-20(15)18/h1-10,12-13H,11,14H2. The van der Waals surface area contributed by atoms with Crippen molar-refractivity contribution < 1.29 is 18.4 Å². The number of imide groups is 1. The molecule has 4 aromatic rings. The van der Waals surface area contributed by atoms with Crippen molar-refractivity contribution in [2.75, 3.05) is 6.54 Å². The van der Waals surface area contributed by atoms with Crippen molar-refractivity contribution in [2.45, 2.75) is 6.04 Å². The summed E-state index contributed by atoms with van der Waals surface area (Å²) in [5.74, 6) is 0.231. The molecule has 0 atom stereocenters. The SMILES string of the molecule is O=C1c2ccccc2C(=O)N1CC[Si](Oc1cccc2ccoc12)c1cccs1. The van der Waals surface area contributed by atoms with Gasteiger partial charge in [-0.15, -0.1) is 11.3 Å². The molecule has 1 aliphatic rings. The summed E-state index contributed by atoms with van der Waals surface area (Å²) in [7, 11) is -1.51. The second kappa shape index (κ2) is 7.34. The highest BCUT2D eigenvalue weighted by molar-refractivity contribution is 7.21. The monoisotopic (exact) mass is 418 g/mol. The number of rotatable bonds is 6. The molecular weight excluding hydrogens is 402 g/mol. The predicted octanol–water partition coefficient (Wildman–Crippen LogP) is 4.07. The number of para-hydroxylation sites is 1. The maximum Gasteiger partial charge on any atom is 0.328 e. The summed E-state index contributed by atoms with van der Waals surface area (Å²) in [4.78, 5) is 26.7. The molecule has 29 heavy (non-hydrogen) atoms. The van der Waals surface area contributed by atoms with E-state index in [2.05, 4.69) is 0 Å². The van der Waals surface area contributed by atoms with Crippen LogP contribution >= 0.6 is 11.3 Å². The molecule has 0 N–H and O–H groups in total. The molecular formula is C22H16NO4SSi. The van der Waals surface area contributed by atoms with Gasteiger partial charge in [0.25, 0.3) is 11.8 Å². The lowest BCUT2D eigenvalue weighted by Gasteiger charge is -2.19. The summed E-state index contributed by atoms with van der Waals surface area (Å²) in [5, 5.41) is 2.99. The van der Waals surface area contributed by atoms with Gasteiger partial charge in [-0.3, -0.25) is 14.5 Å². The van der Waals surface area contributed by atoms with Crippen LogP contribution in [0.25, 0.3) is 11.0 Å². The number of amides is 2. The Morgan fingerprint density at radius 3 is 2.45 bits per heavy atom. The molecule has 0 spiro atoms. The zero-order valence-corrected chi connectivity index (χ0v) is 17.1. The van der Waals surface area contributed by atoms with E-state index >= 15 is 0 Å². The van der Waals surface area contributed by atoms with E-state index < -0.39 is 9.04 Å². The average molecular weight is 419 g/mol. The van der Waals surface area contributed by atoms with E-state index in [-0.39, 0.29) is 11.8 Å². The molecule has 3 heterocycles. The van der Waals surface area contributed by atoms with E-state index in [1.54, 1.807) is 41.9 Å². The van der Waals surface area contributed by atoms with E-state index in [1.807, 2.05) is 41.8 Å². The molecule has 0 saturated carbocycles. The highest BCUT2D eigenvalue weighted by Gasteiger charge is 2.36. The van der Waals surface area contributed by atoms with E-state index in [4.69, 9.17) is 8.84 Å². The van der Waals surface area contributed by atoms with Gasteiger partial charge < -0.3 is 8.84 Å². The summed E-state index contributed by atoms with van der Waals surface area (Å²) in [5.41, 5.74) is 1.67. The first kappa shape index (κ1) is 17.9. The van der Waals surface area contributed by atoms with Crippen LogP contribution in [0.4, 0.5) is 0 Å². The Kier molecular flexibility index (Phi) is 4.53. The van der Waals surface area contributed by atoms with E-state index in [1.165, 1.54) is 4.90 Å². The van der Waals surface area contributed by atoms with Crippen molar-refractivity contribution in [3.8, 4) is 5.75 Å².